The Hall–Kier alpha value is -0.290. The number of hydrogen-bond donors (Lipinski definition) is 1. The highest BCUT2D eigenvalue weighted by molar-refractivity contribution is 14.1. The molecule has 4 heteroatoms. The molecule has 0 saturated heterocycles. The van der Waals surface area contributed by atoms with E-state index in [2.05, 4.69) is 34.8 Å². The van der Waals surface area contributed by atoms with Crippen LogP contribution in [0.5, 0.6) is 0 Å². The van der Waals surface area contributed by atoms with Gasteiger partial charge in [-0.25, -0.2) is 0 Å². The maximum Gasteiger partial charge on any atom is 0.252 e. The van der Waals surface area contributed by atoms with Gasteiger partial charge in [0.05, 0.1) is 5.56 Å². The van der Waals surface area contributed by atoms with Crippen LogP contribution in [0.1, 0.15) is 30.1 Å². The molecule has 0 heterocycles. The zero-order chi connectivity index (χ0) is 11.7. The Bertz CT molecular complexity index is 415. The predicted octanol–water partition coefficient (Wildman–Crippen LogP) is 3.47. The van der Waals surface area contributed by atoms with Crippen molar-refractivity contribution in [1.29, 1.82) is 0 Å². The number of benzene rings is 1. The molecule has 0 aliphatic heterocycles. The average Bonchev–Trinajstić information content (AvgIpc) is 2.19. The molecule has 2 rings (SSSR count). The van der Waals surface area contributed by atoms with Crippen LogP contribution in [0.15, 0.2) is 18.2 Å². The standard InChI is InChI=1S/C12H13ClINO/c1-7-4-9(5-7)15-12(16)10-6-8(13)2-3-11(10)14/h2-3,6-7,9H,4-5H2,1H3,(H,15,16). The number of carbonyl (C=O) groups excluding carboxylic acids is 1. The molecule has 1 fully saturated rings. The fourth-order valence-corrected chi connectivity index (χ4v) is 2.71. The number of rotatable bonds is 2. The van der Waals surface area contributed by atoms with Gasteiger partial charge in [-0.3, -0.25) is 4.79 Å². The van der Waals surface area contributed by atoms with E-state index in [0.29, 0.717) is 16.6 Å². The summed E-state index contributed by atoms with van der Waals surface area (Å²) >= 11 is 8.04. The monoisotopic (exact) mass is 349 g/mol. The van der Waals surface area contributed by atoms with Crippen molar-refractivity contribution in [2.45, 2.75) is 25.8 Å². The van der Waals surface area contributed by atoms with E-state index >= 15 is 0 Å². The number of nitrogens with one attached hydrogen (secondary N) is 1. The van der Waals surface area contributed by atoms with Crippen molar-refractivity contribution in [3.05, 3.63) is 32.4 Å². The molecule has 0 aromatic heterocycles. The van der Waals surface area contributed by atoms with Crippen molar-refractivity contribution >= 4 is 40.1 Å². The summed E-state index contributed by atoms with van der Waals surface area (Å²) in [7, 11) is 0. The van der Waals surface area contributed by atoms with Gasteiger partial charge in [-0.15, -0.1) is 0 Å². The molecule has 1 aliphatic rings. The van der Waals surface area contributed by atoms with Crippen LogP contribution >= 0.6 is 34.2 Å². The summed E-state index contributed by atoms with van der Waals surface area (Å²) in [5.41, 5.74) is 0.674. The second-order valence-corrected chi connectivity index (χ2v) is 5.97. The minimum absolute atomic E-state index is 0.0104. The molecule has 1 aliphatic carbocycles. The quantitative estimate of drug-likeness (QED) is 0.814. The molecule has 0 bridgehead atoms. The van der Waals surface area contributed by atoms with Crippen molar-refractivity contribution in [3.8, 4) is 0 Å². The van der Waals surface area contributed by atoms with E-state index in [0.717, 1.165) is 22.3 Å². The van der Waals surface area contributed by atoms with E-state index in [1.54, 1.807) is 12.1 Å². The predicted molar refractivity (Wildman–Crippen MR) is 73.8 cm³/mol. The molecule has 1 aromatic carbocycles. The van der Waals surface area contributed by atoms with Gasteiger partial charge in [0.15, 0.2) is 0 Å². The molecule has 0 spiro atoms. The molecule has 1 amide bonds. The van der Waals surface area contributed by atoms with Crippen molar-refractivity contribution in [1.82, 2.24) is 5.32 Å². The van der Waals surface area contributed by atoms with Crippen LogP contribution in [-0.4, -0.2) is 11.9 Å². The van der Waals surface area contributed by atoms with E-state index in [4.69, 9.17) is 11.6 Å². The fraction of sp³-hybridized carbons (Fsp3) is 0.417. The normalized spacial score (nSPS) is 23.7. The summed E-state index contributed by atoms with van der Waals surface area (Å²) in [6.07, 6.45) is 2.17. The molecule has 0 radical (unpaired) electrons. The first-order valence-electron chi connectivity index (χ1n) is 5.32. The van der Waals surface area contributed by atoms with Crippen molar-refractivity contribution in [2.75, 3.05) is 0 Å². The van der Waals surface area contributed by atoms with Gasteiger partial charge in [-0.1, -0.05) is 18.5 Å². The van der Waals surface area contributed by atoms with Crippen LogP contribution in [0.25, 0.3) is 0 Å². The Balaban J connectivity index is 2.05. The number of halogens is 2. The minimum atomic E-state index is -0.0104. The van der Waals surface area contributed by atoms with Crippen LogP contribution in [0.2, 0.25) is 5.02 Å². The third-order valence-electron chi connectivity index (χ3n) is 2.88. The summed E-state index contributed by atoms with van der Waals surface area (Å²) in [6.45, 7) is 2.20. The first kappa shape index (κ1) is 12.2. The van der Waals surface area contributed by atoms with Gasteiger partial charge >= 0.3 is 0 Å². The van der Waals surface area contributed by atoms with Crippen LogP contribution in [-0.2, 0) is 0 Å². The second-order valence-electron chi connectivity index (χ2n) is 4.37. The lowest BCUT2D eigenvalue weighted by molar-refractivity contribution is 0.0895. The molecule has 1 aromatic rings. The van der Waals surface area contributed by atoms with Crippen molar-refractivity contribution < 1.29 is 4.79 Å². The lowest BCUT2D eigenvalue weighted by Crippen LogP contribution is -2.43. The van der Waals surface area contributed by atoms with E-state index < -0.39 is 0 Å². The van der Waals surface area contributed by atoms with Crippen LogP contribution in [0, 0.1) is 9.49 Å². The number of carbonyl (C=O) groups is 1. The molecule has 86 valence electrons. The smallest absolute Gasteiger partial charge is 0.252 e. The molecular formula is C12H13ClINO. The zero-order valence-electron chi connectivity index (χ0n) is 8.97. The Kier molecular flexibility index (Phi) is 3.74. The van der Waals surface area contributed by atoms with Crippen molar-refractivity contribution in [2.24, 2.45) is 5.92 Å². The van der Waals surface area contributed by atoms with Crippen LogP contribution < -0.4 is 5.32 Å². The second kappa shape index (κ2) is 4.92. The Morgan fingerprint density at radius 1 is 1.50 bits per heavy atom. The molecule has 0 atom stereocenters. The fourth-order valence-electron chi connectivity index (χ4n) is 1.95. The first-order chi connectivity index (χ1) is 7.56. The highest BCUT2D eigenvalue weighted by Gasteiger charge is 2.27. The summed E-state index contributed by atoms with van der Waals surface area (Å²) in [5.74, 6) is 0.729. The van der Waals surface area contributed by atoms with E-state index in [9.17, 15) is 4.79 Å². The van der Waals surface area contributed by atoms with Crippen LogP contribution in [0.4, 0.5) is 0 Å². The molecule has 1 N–H and O–H groups in total. The Labute approximate surface area is 114 Å². The van der Waals surface area contributed by atoms with Crippen LogP contribution in [0.3, 0.4) is 0 Å². The lowest BCUT2D eigenvalue weighted by atomic mass is 9.82. The van der Waals surface area contributed by atoms with E-state index in [1.807, 2.05) is 6.07 Å². The van der Waals surface area contributed by atoms with Gasteiger partial charge in [0.1, 0.15) is 0 Å². The zero-order valence-corrected chi connectivity index (χ0v) is 11.9. The molecule has 0 unspecified atom stereocenters. The molecule has 16 heavy (non-hydrogen) atoms. The molecule has 2 nitrogen and oxygen atoms in total. The van der Waals surface area contributed by atoms with Gasteiger partial charge in [0, 0.05) is 14.6 Å². The van der Waals surface area contributed by atoms with Gasteiger partial charge in [-0.05, 0) is 59.5 Å². The highest BCUT2D eigenvalue weighted by atomic mass is 127. The third kappa shape index (κ3) is 2.69. The maximum atomic E-state index is 12.0. The van der Waals surface area contributed by atoms with E-state index in [-0.39, 0.29) is 5.91 Å². The average molecular weight is 350 g/mol. The first-order valence-corrected chi connectivity index (χ1v) is 6.78. The highest BCUT2D eigenvalue weighted by Crippen LogP contribution is 2.27. The largest absolute Gasteiger partial charge is 0.349 e. The van der Waals surface area contributed by atoms with Gasteiger partial charge in [-0.2, -0.15) is 0 Å². The van der Waals surface area contributed by atoms with Gasteiger partial charge in [0.25, 0.3) is 5.91 Å². The number of amides is 1. The third-order valence-corrected chi connectivity index (χ3v) is 4.06. The topological polar surface area (TPSA) is 29.1 Å². The van der Waals surface area contributed by atoms with Gasteiger partial charge in [0.2, 0.25) is 0 Å². The summed E-state index contributed by atoms with van der Waals surface area (Å²) < 4.78 is 0.937. The maximum absolute atomic E-state index is 12.0. The lowest BCUT2D eigenvalue weighted by Gasteiger charge is -2.33. The molecule has 1 saturated carbocycles. The van der Waals surface area contributed by atoms with E-state index in [1.165, 1.54) is 0 Å². The summed E-state index contributed by atoms with van der Waals surface area (Å²) in [6, 6.07) is 5.73. The van der Waals surface area contributed by atoms with Crippen molar-refractivity contribution in [3.63, 3.8) is 0 Å². The Morgan fingerprint density at radius 2 is 2.19 bits per heavy atom. The SMILES string of the molecule is CC1CC(NC(=O)c2cc(Cl)ccc2I)C1. The Morgan fingerprint density at radius 3 is 2.81 bits per heavy atom. The number of hydrogen-bond acceptors (Lipinski definition) is 1. The summed E-state index contributed by atoms with van der Waals surface area (Å²) in [5, 5.41) is 3.63. The van der Waals surface area contributed by atoms with Gasteiger partial charge < -0.3 is 5.32 Å². The summed E-state index contributed by atoms with van der Waals surface area (Å²) in [4.78, 5) is 12.0. The minimum Gasteiger partial charge on any atom is -0.349 e. The molecular weight excluding hydrogens is 336 g/mol.